The molecule has 0 saturated carbocycles. The van der Waals surface area contributed by atoms with Crippen LogP contribution in [0.25, 0.3) is 0 Å². The minimum absolute atomic E-state index is 0.159. The van der Waals surface area contributed by atoms with E-state index in [1.54, 1.807) is 6.07 Å². The molecule has 0 aliphatic carbocycles. The molecule has 0 unspecified atom stereocenters. The summed E-state index contributed by atoms with van der Waals surface area (Å²) >= 11 is 1.32. The third-order valence-corrected chi connectivity index (χ3v) is 6.51. The highest BCUT2D eigenvalue weighted by atomic mass is 32.2. The molecule has 17 heavy (non-hydrogen) atoms. The first-order valence-corrected chi connectivity index (χ1v) is 7.97. The largest absolute Gasteiger partial charge is 0.396 e. The first kappa shape index (κ1) is 13.0. The van der Waals surface area contributed by atoms with Crippen molar-refractivity contribution < 1.29 is 13.5 Å². The van der Waals surface area contributed by atoms with Crippen LogP contribution in [-0.2, 0) is 10.0 Å². The van der Waals surface area contributed by atoms with E-state index in [0.717, 1.165) is 17.7 Å². The molecular formula is C11H17NO3S2. The summed E-state index contributed by atoms with van der Waals surface area (Å²) < 4.78 is 26.5. The number of aryl methyl sites for hydroxylation is 1. The van der Waals surface area contributed by atoms with Crippen LogP contribution < -0.4 is 0 Å². The van der Waals surface area contributed by atoms with E-state index >= 15 is 0 Å². The molecule has 1 aromatic heterocycles. The SMILES string of the molecule is Cc1ccc(S(=O)(=O)N2CCC(CO)CC2)s1. The van der Waals surface area contributed by atoms with Crippen LogP contribution in [0.5, 0.6) is 0 Å². The molecule has 0 atom stereocenters. The number of hydrogen-bond donors (Lipinski definition) is 1. The summed E-state index contributed by atoms with van der Waals surface area (Å²) in [6, 6.07) is 3.51. The van der Waals surface area contributed by atoms with Gasteiger partial charge in [0.2, 0.25) is 0 Å². The lowest BCUT2D eigenvalue weighted by Crippen LogP contribution is -2.38. The van der Waals surface area contributed by atoms with Gasteiger partial charge in [-0.1, -0.05) is 0 Å². The Morgan fingerprint density at radius 3 is 2.53 bits per heavy atom. The molecule has 0 aromatic carbocycles. The molecule has 6 heteroatoms. The number of piperidine rings is 1. The lowest BCUT2D eigenvalue weighted by atomic mass is 10.00. The molecule has 1 saturated heterocycles. The van der Waals surface area contributed by atoms with E-state index in [2.05, 4.69) is 0 Å². The highest BCUT2D eigenvalue weighted by molar-refractivity contribution is 7.91. The number of sulfonamides is 1. The van der Waals surface area contributed by atoms with Crippen molar-refractivity contribution >= 4 is 21.4 Å². The van der Waals surface area contributed by atoms with Gasteiger partial charge in [0, 0.05) is 24.6 Å². The highest BCUT2D eigenvalue weighted by Crippen LogP contribution is 2.27. The molecule has 0 bridgehead atoms. The zero-order valence-corrected chi connectivity index (χ0v) is 11.4. The van der Waals surface area contributed by atoms with Gasteiger partial charge in [0.15, 0.2) is 0 Å². The normalized spacial score (nSPS) is 19.6. The van der Waals surface area contributed by atoms with Crippen molar-refractivity contribution in [1.29, 1.82) is 0 Å². The van der Waals surface area contributed by atoms with Crippen molar-refractivity contribution in [3.05, 3.63) is 17.0 Å². The van der Waals surface area contributed by atoms with Gasteiger partial charge in [0.1, 0.15) is 4.21 Å². The smallest absolute Gasteiger partial charge is 0.252 e. The molecule has 0 radical (unpaired) electrons. The minimum atomic E-state index is -3.30. The third-order valence-electron chi connectivity index (χ3n) is 3.14. The molecule has 1 N–H and O–H groups in total. The van der Waals surface area contributed by atoms with Gasteiger partial charge < -0.3 is 5.11 Å². The van der Waals surface area contributed by atoms with Gasteiger partial charge in [-0.05, 0) is 37.8 Å². The van der Waals surface area contributed by atoms with Crippen LogP contribution in [0, 0.1) is 12.8 Å². The summed E-state index contributed by atoms with van der Waals surface area (Å²) in [6.45, 7) is 3.10. The lowest BCUT2D eigenvalue weighted by Gasteiger charge is -2.29. The molecule has 96 valence electrons. The second-order valence-electron chi connectivity index (χ2n) is 4.40. The zero-order chi connectivity index (χ0) is 12.5. The van der Waals surface area contributed by atoms with E-state index in [1.807, 2.05) is 13.0 Å². The van der Waals surface area contributed by atoms with Gasteiger partial charge >= 0.3 is 0 Å². The Morgan fingerprint density at radius 1 is 1.41 bits per heavy atom. The Kier molecular flexibility index (Phi) is 3.87. The predicted octanol–water partition coefficient (Wildman–Crippen LogP) is 1.45. The molecular weight excluding hydrogens is 258 g/mol. The van der Waals surface area contributed by atoms with Crippen molar-refractivity contribution in [2.45, 2.75) is 24.0 Å². The van der Waals surface area contributed by atoms with Crippen LogP contribution in [0.2, 0.25) is 0 Å². The Hall–Kier alpha value is -0.430. The van der Waals surface area contributed by atoms with Gasteiger partial charge in [-0.25, -0.2) is 8.42 Å². The summed E-state index contributed by atoms with van der Waals surface area (Å²) in [4.78, 5) is 1.01. The fraction of sp³-hybridized carbons (Fsp3) is 0.636. The van der Waals surface area contributed by atoms with Gasteiger partial charge in [0.05, 0.1) is 0 Å². The Morgan fingerprint density at radius 2 is 2.06 bits per heavy atom. The lowest BCUT2D eigenvalue weighted by molar-refractivity contribution is 0.170. The molecule has 0 amide bonds. The number of thiophene rings is 1. The van der Waals surface area contributed by atoms with Gasteiger partial charge in [0.25, 0.3) is 10.0 Å². The molecule has 1 aliphatic rings. The summed E-state index contributed by atoms with van der Waals surface area (Å²) in [7, 11) is -3.30. The van der Waals surface area contributed by atoms with Crippen LogP contribution in [0.1, 0.15) is 17.7 Å². The third kappa shape index (κ3) is 2.70. The number of nitrogens with zero attached hydrogens (tertiary/aromatic N) is 1. The Labute approximate surface area is 106 Å². The first-order chi connectivity index (χ1) is 8.04. The van der Waals surface area contributed by atoms with Gasteiger partial charge in [-0.2, -0.15) is 4.31 Å². The topological polar surface area (TPSA) is 57.6 Å². The van der Waals surface area contributed by atoms with E-state index in [1.165, 1.54) is 15.6 Å². The fourth-order valence-electron chi connectivity index (χ4n) is 2.01. The maximum Gasteiger partial charge on any atom is 0.252 e. The number of aliphatic hydroxyl groups is 1. The van der Waals surface area contributed by atoms with Crippen molar-refractivity contribution in [1.82, 2.24) is 4.31 Å². The van der Waals surface area contributed by atoms with Crippen LogP contribution in [0.4, 0.5) is 0 Å². The standard InChI is InChI=1S/C11H17NO3S2/c1-9-2-3-11(16-9)17(14,15)12-6-4-10(8-13)5-7-12/h2-3,10,13H,4-8H2,1H3. The van der Waals surface area contributed by atoms with Crippen molar-refractivity contribution in [2.24, 2.45) is 5.92 Å². The maximum atomic E-state index is 12.3. The van der Waals surface area contributed by atoms with Crippen molar-refractivity contribution in [3.63, 3.8) is 0 Å². The van der Waals surface area contributed by atoms with E-state index in [-0.39, 0.29) is 12.5 Å². The summed E-state index contributed by atoms with van der Waals surface area (Å²) in [6.07, 6.45) is 1.50. The summed E-state index contributed by atoms with van der Waals surface area (Å²) in [5.74, 6) is 0.256. The van der Waals surface area contributed by atoms with E-state index in [4.69, 9.17) is 5.11 Å². The fourth-order valence-corrected chi connectivity index (χ4v) is 4.92. The van der Waals surface area contributed by atoms with E-state index in [0.29, 0.717) is 17.3 Å². The summed E-state index contributed by atoms with van der Waals surface area (Å²) in [5, 5.41) is 9.03. The second kappa shape index (κ2) is 5.06. The maximum absolute atomic E-state index is 12.3. The molecule has 2 heterocycles. The van der Waals surface area contributed by atoms with Crippen LogP contribution >= 0.6 is 11.3 Å². The summed E-state index contributed by atoms with van der Waals surface area (Å²) in [5.41, 5.74) is 0. The highest BCUT2D eigenvalue weighted by Gasteiger charge is 2.29. The van der Waals surface area contributed by atoms with Gasteiger partial charge in [-0.15, -0.1) is 11.3 Å². The van der Waals surface area contributed by atoms with Gasteiger partial charge in [-0.3, -0.25) is 0 Å². The predicted molar refractivity (Wildman–Crippen MR) is 67.6 cm³/mol. The molecule has 1 fully saturated rings. The number of rotatable bonds is 3. The average Bonchev–Trinajstić information content (AvgIpc) is 2.77. The van der Waals surface area contributed by atoms with Crippen molar-refractivity contribution in [2.75, 3.05) is 19.7 Å². The molecule has 4 nitrogen and oxygen atoms in total. The molecule has 0 spiro atoms. The second-order valence-corrected chi connectivity index (χ2v) is 7.85. The Bertz CT molecular complexity index is 473. The zero-order valence-electron chi connectivity index (χ0n) is 9.80. The van der Waals surface area contributed by atoms with E-state index in [9.17, 15) is 8.42 Å². The molecule has 1 aromatic rings. The number of hydrogen-bond acceptors (Lipinski definition) is 4. The minimum Gasteiger partial charge on any atom is -0.396 e. The van der Waals surface area contributed by atoms with E-state index < -0.39 is 10.0 Å². The van der Waals surface area contributed by atoms with Crippen LogP contribution in [0.3, 0.4) is 0 Å². The average molecular weight is 275 g/mol. The quantitative estimate of drug-likeness (QED) is 0.908. The number of aliphatic hydroxyl groups excluding tert-OH is 1. The first-order valence-electron chi connectivity index (χ1n) is 5.71. The van der Waals surface area contributed by atoms with Crippen molar-refractivity contribution in [3.8, 4) is 0 Å². The van der Waals surface area contributed by atoms with Crippen LogP contribution in [0.15, 0.2) is 16.3 Å². The molecule has 1 aliphatic heterocycles. The molecule has 2 rings (SSSR count). The monoisotopic (exact) mass is 275 g/mol. The Balaban J connectivity index is 2.12. The van der Waals surface area contributed by atoms with Crippen LogP contribution in [-0.4, -0.2) is 37.5 Å².